The van der Waals surface area contributed by atoms with Gasteiger partial charge < -0.3 is 20.5 Å². The van der Waals surface area contributed by atoms with Crippen LogP contribution >= 0.6 is 24.0 Å². The first-order chi connectivity index (χ1) is 14.1. The second-order valence-electron chi connectivity index (χ2n) is 7.74. The number of H-pyrrole nitrogens is 1. The van der Waals surface area contributed by atoms with Crippen molar-refractivity contribution in [3.63, 3.8) is 0 Å². The van der Waals surface area contributed by atoms with E-state index in [1.54, 1.807) is 0 Å². The van der Waals surface area contributed by atoms with Crippen molar-refractivity contribution in [1.29, 1.82) is 0 Å². The van der Waals surface area contributed by atoms with Crippen molar-refractivity contribution in [3.8, 4) is 0 Å². The Morgan fingerprint density at radius 1 is 1.03 bits per heavy atom. The van der Waals surface area contributed by atoms with Crippen LogP contribution in [0.3, 0.4) is 0 Å². The van der Waals surface area contributed by atoms with Crippen LogP contribution in [0.5, 0.6) is 0 Å². The lowest BCUT2D eigenvalue weighted by Crippen LogP contribution is -2.38. The van der Waals surface area contributed by atoms with E-state index in [1.807, 2.05) is 0 Å². The van der Waals surface area contributed by atoms with Gasteiger partial charge in [0.1, 0.15) is 0 Å². The first-order valence-electron chi connectivity index (χ1n) is 10.4. The first kappa shape index (κ1) is 24.2. The third kappa shape index (κ3) is 6.74. The van der Waals surface area contributed by atoms with Crippen molar-refractivity contribution in [2.75, 3.05) is 27.2 Å². The fourth-order valence-electron chi connectivity index (χ4n) is 3.54. The molecule has 0 radical (unpaired) electrons. The van der Waals surface area contributed by atoms with Crippen LogP contribution in [-0.4, -0.2) is 43.0 Å². The molecular formula is C24H34IN5. The Morgan fingerprint density at radius 3 is 2.53 bits per heavy atom. The maximum absolute atomic E-state index is 4.81. The molecule has 5 nitrogen and oxygen atoms in total. The van der Waals surface area contributed by atoms with E-state index in [9.17, 15) is 0 Å². The van der Waals surface area contributed by atoms with Gasteiger partial charge in [-0.05, 0) is 62.7 Å². The average molecular weight is 519 g/mol. The zero-order valence-corrected chi connectivity index (χ0v) is 20.8. The molecule has 6 heteroatoms. The van der Waals surface area contributed by atoms with Crippen molar-refractivity contribution in [3.05, 3.63) is 70.9 Å². The quantitative estimate of drug-likeness (QED) is 0.234. The smallest absolute Gasteiger partial charge is 0.191 e. The molecule has 0 aliphatic heterocycles. The molecule has 0 unspecified atom stereocenters. The van der Waals surface area contributed by atoms with Gasteiger partial charge in [-0.3, -0.25) is 0 Å². The number of rotatable bonds is 8. The van der Waals surface area contributed by atoms with Crippen molar-refractivity contribution in [2.45, 2.75) is 33.4 Å². The number of halogens is 1. The minimum atomic E-state index is 0. The Morgan fingerprint density at radius 2 is 1.80 bits per heavy atom. The second kappa shape index (κ2) is 12.0. The van der Waals surface area contributed by atoms with E-state index in [1.165, 1.54) is 33.2 Å². The molecule has 0 aliphatic carbocycles. The fourth-order valence-corrected chi connectivity index (χ4v) is 3.54. The number of nitrogens with zero attached hydrogens (tertiary/aromatic N) is 2. The molecule has 2 aromatic carbocycles. The number of nitrogens with one attached hydrogen (secondary N) is 3. The van der Waals surface area contributed by atoms with E-state index < -0.39 is 0 Å². The fraction of sp³-hybridized carbons (Fsp3) is 0.375. The molecule has 3 aromatic rings. The molecule has 0 saturated carbocycles. The Labute approximate surface area is 197 Å². The Bertz CT molecular complexity index is 961. The summed E-state index contributed by atoms with van der Waals surface area (Å²) in [5.41, 5.74) is 6.41. The molecule has 0 spiro atoms. The van der Waals surface area contributed by atoms with Gasteiger partial charge in [0.25, 0.3) is 0 Å². The van der Waals surface area contributed by atoms with Crippen LogP contribution < -0.4 is 10.6 Å². The van der Waals surface area contributed by atoms with Crippen LogP contribution in [0.2, 0.25) is 0 Å². The Balaban J connectivity index is 0.00000320. The van der Waals surface area contributed by atoms with Gasteiger partial charge in [0.2, 0.25) is 0 Å². The normalized spacial score (nSPS) is 11.6. The summed E-state index contributed by atoms with van der Waals surface area (Å²) in [6.45, 7) is 7.50. The number of guanidine groups is 1. The lowest BCUT2D eigenvalue weighted by Gasteiger charge is -2.14. The minimum Gasteiger partial charge on any atom is -0.361 e. The molecule has 1 aromatic heterocycles. The topological polar surface area (TPSA) is 55.5 Å². The number of benzene rings is 2. The van der Waals surface area contributed by atoms with Crippen molar-refractivity contribution in [1.82, 2.24) is 20.5 Å². The first-order valence-corrected chi connectivity index (χ1v) is 10.4. The van der Waals surface area contributed by atoms with E-state index in [2.05, 4.69) is 97.1 Å². The molecule has 1 heterocycles. The van der Waals surface area contributed by atoms with E-state index >= 15 is 0 Å². The van der Waals surface area contributed by atoms with Crippen molar-refractivity contribution in [2.24, 2.45) is 4.99 Å². The zero-order valence-electron chi connectivity index (χ0n) is 18.5. The maximum atomic E-state index is 4.81. The van der Waals surface area contributed by atoms with E-state index in [-0.39, 0.29) is 24.0 Å². The number of aromatic amines is 1. The summed E-state index contributed by atoms with van der Waals surface area (Å²) in [7, 11) is 4.19. The van der Waals surface area contributed by atoms with Gasteiger partial charge in [0.05, 0.1) is 6.54 Å². The van der Waals surface area contributed by atoms with Gasteiger partial charge in [-0.25, -0.2) is 4.99 Å². The van der Waals surface area contributed by atoms with E-state index in [0.29, 0.717) is 6.54 Å². The van der Waals surface area contributed by atoms with Crippen LogP contribution in [0.1, 0.15) is 29.2 Å². The zero-order chi connectivity index (χ0) is 20.6. The SMILES string of the molecule is CCNC(=NCc1ccccc1CN(C)C)NCCc1c[nH]c2cc(C)ccc12.I. The molecule has 0 atom stereocenters. The molecule has 0 saturated heterocycles. The van der Waals surface area contributed by atoms with Gasteiger partial charge in [-0.1, -0.05) is 36.4 Å². The number of aryl methyl sites for hydroxylation is 1. The molecule has 3 N–H and O–H groups in total. The van der Waals surface area contributed by atoms with Gasteiger partial charge in [-0.15, -0.1) is 24.0 Å². The highest BCUT2D eigenvalue weighted by Crippen LogP contribution is 2.19. The van der Waals surface area contributed by atoms with Crippen LogP contribution in [0.25, 0.3) is 10.9 Å². The number of hydrogen-bond donors (Lipinski definition) is 3. The standard InChI is InChI=1S/C24H33N5.HI/c1-5-25-24(28-15-19-8-6-7-9-21(19)17-29(3)4)26-13-12-20-16-27-23-14-18(2)10-11-22(20)23;/h6-11,14,16,27H,5,12-13,15,17H2,1-4H3,(H2,25,26,28);1H. The Hall–Kier alpha value is -2.06. The summed E-state index contributed by atoms with van der Waals surface area (Å²) >= 11 is 0. The number of aliphatic imine (C=N–C) groups is 1. The van der Waals surface area contributed by atoms with Crippen LogP contribution in [-0.2, 0) is 19.5 Å². The van der Waals surface area contributed by atoms with Crippen LogP contribution in [0.15, 0.2) is 53.7 Å². The van der Waals surface area contributed by atoms with Crippen LogP contribution in [0, 0.1) is 6.92 Å². The van der Waals surface area contributed by atoms with Gasteiger partial charge in [0, 0.05) is 36.7 Å². The van der Waals surface area contributed by atoms with Gasteiger partial charge in [0.15, 0.2) is 5.96 Å². The average Bonchev–Trinajstić information content (AvgIpc) is 3.08. The van der Waals surface area contributed by atoms with E-state index in [4.69, 9.17) is 4.99 Å². The Kier molecular flexibility index (Phi) is 9.65. The van der Waals surface area contributed by atoms with Gasteiger partial charge >= 0.3 is 0 Å². The molecular weight excluding hydrogens is 485 g/mol. The number of hydrogen-bond acceptors (Lipinski definition) is 2. The maximum Gasteiger partial charge on any atom is 0.191 e. The van der Waals surface area contributed by atoms with Crippen molar-refractivity contribution >= 4 is 40.8 Å². The summed E-state index contributed by atoms with van der Waals surface area (Å²) in [5.74, 6) is 0.864. The summed E-state index contributed by atoms with van der Waals surface area (Å²) in [6.07, 6.45) is 3.07. The van der Waals surface area contributed by atoms with Crippen LogP contribution in [0.4, 0.5) is 0 Å². The van der Waals surface area contributed by atoms with Crippen molar-refractivity contribution < 1.29 is 0 Å². The summed E-state index contributed by atoms with van der Waals surface area (Å²) in [6, 6.07) is 15.1. The molecule has 162 valence electrons. The molecule has 0 aliphatic rings. The summed E-state index contributed by atoms with van der Waals surface area (Å²) in [5, 5.41) is 8.14. The highest BCUT2D eigenvalue weighted by molar-refractivity contribution is 14.0. The van der Waals surface area contributed by atoms with E-state index in [0.717, 1.165) is 32.0 Å². The summed E-state index contributed by atoms with van der Waals surface area (Å²) < 4.78 is 0. The molecule has 3 rings (SSSR count). The summed E-state index contributed by atoms with van der Waals surface area (Å²) in [4.78, 5) is 10.4. The molecule has 0 fully saturated rings. The lowest BCUT2D eigenvalue weighted by atomic mass is 10.1. The lowest BCUT2D eigenvalue weighted by molar-refractivity contribution is 0.401. The largest absolute Gasteiger partial charge is 0.361 e. The monoisotopic (exact) mass is 519 g/mol. The van der Waals surface area contributed by atoms with Gasteiger partial charge in [-0.2, -0.15) is 0 Å². The highest BCUT2D eigenvalue weighted by atomic mass is 127. The molecule has 30 heavy (non-hydrogen) atoms. The number of fused-ring (bicyclic) bond motifs is 1. The second-order valence-corrected chi connectivity index (χ2v) is 7.74. The predicted octanol–water partition coefficient (Wildman–Crippen LogP) is 4.45. The third-order valence-electron chi connectivity index (χ3n) is 4.97. The number of aromatic nitrogens is 1. The highest BCUT2D eigenvalue weighted by Gasteiger charge is 2.06. The molecule has 0 bridgehead atoms. The predicted molar refractivity (Wildman–Crippen MR) is 139 cm³/mol. The third-order valence-corrected chi connectivity index (χ3v) is 4.97. The minimum absolute atomic E-state index is 0. The molecule has 0 amide bonds.